The Bertz CT molecular complexity index is 485. The van der Waals surface area contributed by atoms with Gasteiger partial charge in [-0.3, -0.25) is 9.59 Å². The first-order chi connectivity index (χ1) is 9.88. The molecule has 3 N–H and O–H groups in total. The fourth-order valence-electron chi connectivity index (χ4n) is 1.76. The van der Waals surface area contributed by atoms with E-state index >= 15 is 0 Å². The minimum Gasteiger partial charge on any atom is -0.480 e. The van der Waals surface area contributed by atoms with E-state index in [2.05, 4.69) is 10.6 Å². The van der Waals surface area contributed by atoms with Crippen LogP contribution in [0.4, 0.5) is 0 Å². The van der Waals surface area contributed by atoms with Gasteiger partial charge in [-0.05, 0) is 34.7 Å². The molecule has 0 aliphatic rings. The number of carboxylic acids is 1. The lowest BCUT2D eigenvalue weighted by atomic mass is 10.0. The van der Waals surface area contributed by atoms with Gasteiger partial charge in [-0.25, -0.2) is 4.79 Å². The molecule has 0 aromatic carbocycles. The van der Waals surface area contributed by atoms with Crippen LogP contribution in [-0.4, -0.2) is 35.5 Å². The van der Waals surface area contributed by atoms with Crippen molar-refractivity contribution in [2.45, 2.75) is 32.7 Å². The van der Waals surface area contributed by atoms with Crippen molar-refractivity contribution in [2.24, 2.45) is 5.92 Å². The van der Waals surface area contributed by atoms with Gasteiger partial charge in [0.2, 0.25) is 11.8 Å². The van der Waals surface area contributed by atoms with Crippen molar-refractivity contribution in [1.29, 1.82) is 0 Å². The molecule has 1 heterocycles. The van der Waals surface area contributed by atoms with Crippen molar-refractivity contribution in [1.82, 2.24) is 10.6 Å². The average molecular weight is 312 g/mol. The smallest absolute Gasteiger partial charge is 0.326 e. The van der Waals surface area contributed by atoms with Gasteiger partial charge in [0.05, 0.1) is 13.0 Å². The number of thiophene rings is 1. The molecule has 2 amide bonds. The molecule has 0 bridgehead atoms. The lowest BCUT2D eigenvalue weighted by Gasteiger charge is -2.16. The molecule has 0 saturated carbocycles. The van der Waals surface area contributed by atoms with E-state index in [0.717, 1.165) is 5.56 Å². The third-order valence-corrected chi connectivity index (χ3v) is 3.46. The molecule has 6 nitrogen and oxygen atoms in total. The molecule has 0 fully saturated rings. The summed E-state index contributed by atoms with van der Waals surface area (Å²) in [5.74, 6) is -1.68. The molecule has 1 aromatic heterocycles. The molecule has 7 heteroatoms. The van der Waals surface area contributed by atoms with Crippen molar-refractivity contribution in [3.8, 4) is 0 Å². The second-order valence-electron chi connectivity index (χ2n) is 5.17. The summed E-state index contributed by atoms with van der Waals surface area (Å²) in [5, 5.41) is 17.6. The van der Waals surface area contributed by atoms with Crippen LogP contribution < -0.4 is 10.6 Å². The second kappa shape index (κ2) is 8.41. The van der Waals surface area contributed by atoms with Gasteiger partial charge in [0.15, 0.2) is 0 Å². The molecule has 1 rings (SSSR count). The number of amides is 2. The zero-order valence-electron chi connectivity index (χ0n) is 12.1. The molecule has 1 atom stereocenters. The fraction of sp³-hybridized carbons (Fsp3) is 0.500. The number of carbonyl (C=O) groups excluding carboxylic acids is 2. The number of hydrogen-bond acceptors (Lipinski definition) is 4. The van der Waals surface area contributed by atoms with Crippen LogP contribution in [0.3, 0.4) is 0 Å². The summed E-state index contributed by atoms with van der Waals surface area (Å²) in [6, 6.07) is 0.916. The maximum Gasteiger partial charge on any atom is 0.326 e. The van der Waals surface area contributed by atoms with Crippen LogP contribution in [0.5, 0.6) is 0 Å². The predicted molar refractivity (Wildman–Crippen MR) is 80.1 cm³/mol. The molecule has 0 unspecified atom stereocenters. The first-order valence-electron chi connectivity index (χ1n) is 6.68. The monoisotopic (exact) mass is 312 g/mol. The van der Waals surface area contributed by atoms with Crippen molar-refractivity contribution in [3.63, 3.8) is 0 Å². The minimum atomic E-state index is -1.07. The van der Waals surface area contributed by atoms with Crippen LogP contribution in [0.1, 0.15) is 25.8 Å². The van der Waals surface area contributed by atoms with E-state index in [-0.39, 0.29) is 24.8 Å². The lowest BCUT2D eigenvalue weighted by molar-refractivity contribution is -0.142. The van der Waals surface area contributed by atoms with Gasteiger partial charge in [-0.1, -0.05) is 13.8 Å². The van der Waals surface area contributed by atoms with E-state index in [4.69, 9.17) is 5.11 Å². The van der Waals surface area contributed by atoms with Gasteiger partial charge in [0.25, 0.3) is 0 Å². The first-order valence-corrected chi connectivity index (χ1v) is 7.62. The third-order valence-electron chi connectivity index (χ3n) is 2.73. The van der Waals surface area contributed by atoms with Crippen LogP contribution in [0, 0.1) is 5.92 Å². The highest BCUT2D eigenvalue weighted by Crippen LogP contribution is 2.06. The predicted octanol–water partition coefficient (Wildman–Crippen LogP) is 1.02. The van der Waals surface area contributed by atoms with Crippen molar-refractivity contribution < 1.29 is 19.5 Å². The minimum absolute atomic E-state index is 0.152. The van der Waals surface area contributed by atoms with Gasteiger partial charge in [-0.2, -0.15) is 11.3 Å². The topological polar surface area (TPSA) is 95.5 Å². The maximum atomic E-state index is 11.7. The Hall–Kier alpha value is -1.89. The molecular weight excluding hydrogens is 292 g/mol. The maximum absolute atomic E-state index is 11.7. The highest BCUT2D eigenvalue weighted by molar-refractivity contribution is 7.07. The summed E-state index contributed by atoms with van der Waals surface area (Å²) in [6.45, 7) is 3.54. The number of carbonyl (C=O) groups is 3. The van der Waals surface area contributed by atoms with Gasteiger partial charge in [0.1, 0.15) is 6.04 Å². The van der Waals surface area contributed by atoms with E-state index in [1.54, 1.807) is 0 Å². The van der Waals surface area contributed by atoms with Crippen molar-refractivity contribution in [2.75, 3.05) is 6.54 Å². The van der Waals surface area contributed by atoms with Gasteiger partial charge >= 0.3 is 5.97 Å². The second-order valence-corrected chi connectivity index (χ2v) is 5.95. The van der Waals surface area contributed by atoms with Crippen LogP contribution in [0.2, 0.25) is 0 Å². The Labute approximate surface area is 127 Å². The largest absolute Gasteiger partial charge is 0.480 e. The molecule has 0 radical (unpaired) electrons. The number of rotatable bonds is 8. The molecule has 21 heavy (non-hydrogen) atoms. The molecule has 1 aromatic rings. The Morgan fingerprint density at radius 2 is 2.00 bits per heavy atom. The number of carboxylic acid groups (broad SMARTS) is 1. The van der Waals surface area contributed by atoms with E-state index in [1.165, 1.54) is 11.3 Å². The molecule has 0 aliphatic carbocycles. The summed E-state index contributed by atoms with van der Waals surface area (Å²) < 4.78 is 0. The average Bonchev–Trinajstić information content (AvgIpc) is 2.87. The van der Waals surface area contributed by atoms with Crippen molar-refractivity contribution in [3.05, 3.63) is 22.4 Å². The van der Waals surface area contributed by atoms with Crippen LogP contribution >= 0.6 is 11.3 Å². The molecule has 0 aliphatic heterocycles. The number of hydrogen-bond donors (Lipinski definition) is 3. The summed E-state index contributed by atoms with van der Waals surface area (Å²) in [6.07, 6.45) is 0.565. The van der Waals surface area contributed by atoms with Crippen molar-refractivity contribution >= 4 is 29.1 Å². The molecule has 0 spiro atoms. The Morgan fingerprint density at radius 1 is 1.29 bits per heavy atom. The Morgan fingerprint density at radius 3 is 2.52 bits per heavy atom. The summed E-state index contributed by atoms with van der Waals surface area (Å²) in [5.41, 5.74) is 0.890. The first kappa shape index (κ1) is 17.2. The van der Waals surface area contributed by atoms with E-state index in [1.807, 2.05) is 30.7 Å². The molecule has 0 saturated heterocycles. The Kier molecular flexibility index (Phi) is 6.87. The molecule has 116 valence electrons. The lowest BCUT2D eigenvalue weighted by Crippen LogP contribution is -2.46. The normalized spacial score (nSPS) is 12.0. The van der Waals surface area contributed by atoms with E-state index < -0.39 is 17.9 Å². The highest BCUT2D eigenvalue weighted by Gasteiger charge is 2.21. The third kappa shape index (κ3) is 6.89. The van der Waals surface area contributed by atoms with Gasteiger partial charge in [0, 0.05) is 0 Å². The van der Waals surface area contributed by atoms with Gasteiger partial charge in [-0.15, -0.1) is 0 Å². The quantitative estimate of drug-likeness (QED) is 0.668. The summed E-state index contributed by atoms with van der Waals surface area (Å²) in [7, 11) is 0. The summed E-state index contributed by atoms with van der Waals surface area (Å²) >= 11 is 1.50. The zero-order chi connectivity index (χ0) is 15.8. The van der Waals surface area contributed by atoms with Crippen LogP contribution in [0.25, 0.3) is 0 Å². The zero-order valence-corrected chi connectivity index (χ0v) is 12.9. The Balaban J connectivity index is 2.35. The fourth-order valence-corrected chi connectivity index (χ4v) is 2.43. The van der Waals surface area contributed by atoms with E-state index in [9.17, 15) is 14.4 Å². The molecular formula is C14H20N2O4S. The van der Waals surface area contributed by atoms with Crippen LogP contribution in [0.15, 0.2) is 16.8 Å². The standard InChI is InChI=1S/C14H20N2O4S/c1-9(2)5-11(14(19)20)16-13(18)7-15-12(17)6-10-3-4-21-8-10/h3-4,8-9,11H,5-7H2,1-2H3,(H,15,17)(H,16,18)(H,19,20)/t11-/m0/s1. The van der Waals surface area contributed by atoms with Crippen LogP contribution in [-0.2, 0) is 20.8 Å². The highest BCUT2D eigenvalue weighted by atomic mass is 32.1. The number of aliphatic carboxylic acids is 1. The van der Waals surface area contributed by atoms with Gasteiger partial charge < -0.3 is 15.7 Å². The number of nitrogens with one attached hydrogen (secondary N) is 2. The summed E-state index contributed by atoms with van der Waals surface area (Å²) in [4.78, 5) is 34.3. The SMILES string of the molecule is CC(C)C[C@H](NC(=O)CNC(=O)Cc1ccsc1)C(=O)O. The van der Waals surface area contributed by atoms with E-state index in [0.29, 0.717) is 6.42 Å².